The van der Waals surface area contributed by atoms with E-state index in [1.165, 1.54) is 6.33 Å². The zero-order valence-electron chi connectivity index (χ0n) is 15.2. The lowest BCUT2D eigenvalue weighted by Gasteiger charge is -2.11. The summed E-state index contributed by atoms with van der Waals surface area (Å²) in [6, 6.07) is 17.1. The van der Waals surface area contributed by atoms with Crippen LogP contribution in [0.15, 0.2) is 73.2 Å². The Hall–Kier alpha value is -3.06. The first-order valence-corrected chi connectivity index (χ1v) is 9.83. The number of pyridine rings is 1. The van der Waals surface area contributed by atoms with Crippen LogP contribution in [0, 0.1) is 0 Å². The monoisotopic (exact) mass is 458 g/mol. The first-order chi connectivity index (χ1) is 14.5. The van der Waals surface area contributed by atoms with Crippen LogP contribution in [0.1, 0.15) is 10.4 Å². The standard InChI is InChI=1S/C21H13Cl3N4O2/c22-13-3-9-16(10-4-13)30-21-17(2-1-11-25-21)20(29)27-14-5-7-15(8-6-14)28-12-26-18(23)19(28)24/h1-12H,(H,27,29). The fourth-order valence-corrected chi connectivity index (χ4v) is 3.11. The van der Waals surface area contributed by atoms with Crippen molar-refractivity contribution in [1.29, 1.82) is 0 Å². The summed E-state index contributed by atoms with van der Waals surface area (Å²) < 4.78 is 7.38. The van der Waals surface area contributed by atoms with Crippen molar-refractivity contribution in [2.75, 3.05) is 5.32 Å². The van der Waals surface area contributed by atoms with Crippen LogP contribution in [-0.4, -0.2) is 20.4 Å². The highest BCUT2D eigenvalue weighted by Crippen LogP contribution is 2.26. The second-order valence-electron chi connectivity index (χ2n) is 6.11. The van der Waals surface area contributed by atoms with Crippen LogP contribution in [0.5, 0.6) is 11.6 Å². The number of nitrogens with zero attached hydrogens (tertiary/aromatic N) is 3. The van der Waals surface area contributed by atoms with E-state index in [0.29, 0.717) is 27.2 Å². The van der Waals surface area contributed by atoms with Gasteiger partial charge in [-0.05, 0) is 60.7 Å². The van der Waals surface area contributed by atoms with E-state index in [1.54, 1.807) is 71.4 Å². The molecule has 30 heavy (non-hydrogen) atoms. The Morgan fingerprint density at radius 1 is 0.933 bits per heavy atom. The van der Waals surface area contributed by atoms with Crippen molar-refractivity contribution in [3.63, 3.8) is 0 Å². The molecular weight excluding hydrogens is 447 g/mol. The van der Waals surface area contributed by atoms with Crippen LogP contribution in [0.2, 0.25) is 15.3 Å². The lowest BCUT2D eigenvalue weighted by Crippen LogP contribution is -2.13. The molecule has 4 aromatic rings. The first kappa shape index (κ1) is 20.2. The van der Waals surface area contributed by atoms with Crippen molar-refractivity contribution in [1.82, 2.24) is 14.5 Å². The van der Waals surface area contributed by atoms with E-state index in [1.807, 2.05) is 0 Å². The van der Waals surface area contributed by atoms with Crippen LogP contribution in [0.25, 0.3) is 5.69 Å². The van der Waals surface area contributed by atoms with Gasteiger partial charge < -0.3 is 10.1 Å². The predicted molar refractivity (Wildman–Crippen MR) is 117 cm³/mol. The van der Waals surface area contributed by atoms with Gasteiger partial charge in [-0.1, -0.05) is 34.8 Å². The highest BCUT2D eigenvalue weighted by molar-refractivity contribution is 6.40. The number of aromatic nitrogens is 3. The molecule has 0 aliphatic carbocycles. The van der Waals surface area contributed by atoms with Gasteiger partial charge in [-0.3, -0.25) is 9.36 Å². The highest BCUT2D eigenvalue weighted by Gasteiger charge is 2.15. The lowest BCUT2D eigenvalue weighted by molar-refractivity contribution is 0.102. The number of halogens is 3. The molecule has 0 atom stereocenters. The molecule has 0 radical (unpaired) electrons. The van der Waals surface area contributed by atoms with Crippen LogP contribution in [-0.2, 0) is 0 Å². The molecule has 2 aromatic carbocycles. The molecule has 0 spiro atoms. The Morgan fingerprint density at radius 2 is 1.67 bits per heavy atom. The zero-order chi connectivity index (χ0) is 21.1. The van der Waals surface area contributed by atoms with E-state index >= 15 is 0 Å². The first-order valence-electron chi connectivity index (χ1n) is 8.70. The number of nitrogens with one attached hydrogen (secondary N) is 1. The second-order valence-corrected chi connectivity index (χ2v) is 7.26. The average molecular weight is 460 g/mol. The van der Waals surface area contributed by atoms with Crippen molar-refractivity contribution in [3.8, 4) is 17.3 Å². The molecule has 0 aliphatic rings. The maximum Gasteiger partial charge on any atom is 0.261 e. The summed E-state index contributed by atoms with van der Waals surface area (Å²) >= 11 is 17.9. The van der Waals surface area contributed by atoms with Crippen LogP contribution >= 0.6 is 34.8 Å². The summed E-state index contributed by atoms with van der Waals surface area (Å²) in [5.41, 5.74) is 1.64. The minimum absolute atomic E-state index is 0.189. The number of rotatable bonds is 5. The van der Waals surface area contributed by atoms with Crippen molar-refractivity contribution < 1.29 is 9.53 Å². The molecule has 1 N–H and O–H groups in total. The fraction of sp³-hybridized carbons (Fsp3) is 0. The summed E-state index contributed by atoms with van der Waals surface area (Å²) in [4.78, 5) is 20.9. The average Bonchev–Trinajstić information content (AvgIpc) is 3.09. The van der Waals surface area contributed by atoms with E-state index in [-0.39, 0.29) is 16.9 Å². The van der Waals surface area contributed by atoms with Gasteiger partial charge in [0.05, 0.1) is 0 Å². The number of anilines is 1. The summed E-state index contributed by atoms with van der Waals surface area (Å²) in [5.74, 6) is 0.352. The number of amides is 1. The van der Waals surface area contributed by atoms with E-state index in [9.17, 15) is 4.79 Å². The molecule has 0 aliphatic heterocycles. The molecule has 2 heterocycles. The minimum Gasteiger partial charge on any atom is -0.438 e. The van der Waals surface area contributed by atoms with Gasteiger partial charge >= 0.3 is 0 Å². The van der Waals surface area contributed by atoms with E-state index in [4.69, 9.17) is 39.5 Å². The van der Waals surface area contributed by atoms with Crippen molar-refractivity contribution in [3.05, 3.63) is 94.1 Å². The molecular formula is C21H13Cl3N4O2. The molecule has 6 nitrogen and oxygen atoms in total. The Morgan fingerprint density at radius 3 is 2.33 bits per heavy atom. The predicted octanol–water partition coefficient (Wildman–Crippen LogP) is 6.27. The molecule has 0 saturated carbocycles. The molecule has 1 amide bonds. The Bertz CT molecular complexity index is 1190. The largest absolute Gasteiger partial charge is 0.438 e. The number of imidazole rings is 1. The van der Waals surface area contributed by atoms with Crippen LogP contribution < -0.4 is 10.1 Å². The van der Waals surface area contributed by atoms with E-state index in [2.05, 4.69) is 15.3 Å². The zero-order valence-corrected chi connectivity index (χ0v) is 17.5. The number of carbonyl (C=O) groups is 1. The summed E-state index contributed by atoms with van der Waals surface area (Å²) in [5, 5.41) is 3.95. The molecule has 0 unspecified atom stereocenters. The molecule has 0 bridgehead atoms. The normalized spacial score (nSPS) is 10.6. The summed E-state index contributed by atoms with van der Waals surface area (Å²) in [6.45, 7) is 0. The Balaban J connectivity index is 1.51. The van der Waals surface area contributed by atoms with E-state index < -0.39 is 0 Å². The van der Waals surface area contributed by atoms with Gasteiger partial charge in [0.2, 0.25) is 5.88 Å². The molecule has 0 fully saturated rings. The van der Waals surface area contributed by atoms with Gasteiger partial charge in [0.25, 0.3) is 5.91 Å². The van der Waals surface area contributed by atoms with Crippen LogP contribution in [0.4, 0.5) is 5.69 Å². The van der Waals surface area contributed by atoms with Gasteiger partial charge in [0, 0.05) is 22.6 Å². The van der Waals surface area contributed by atoms with Crippen LogP contribution in [0.3, 0.4) is 0 Å². The van der Waals surface area contributed by atoms with Gasteiger partial charge in [0.15, 0.2) is 10.3 Å². The van der Waals surface area contributed by atoms with Crippen molar-refractivity contribution in [2.24, 2.45) is 0 Å². The van der Waals surface area contributed by atoms with Gasteiger partial charge in [-0.2, -0.15) is 0 Å². The number of hydrogen-bond donors (Lipinski definition) is 1. The quantitative estimate of drug-likeness (QED) is 0.382. The van der Waals surface area contributed by atoms with Crippen molar-refractivity contribution >= 4 is 46.4 Å². The van der Waals surface area contributed by atoms with Gasteiger partial charge in [0.1, 0.15) is 17.6 Å². The van der Waals surface area contributed by atoms with E-state index in [0.717, 1.165) is 5.69 Å². The highest BCUT2D eigenvalue weighted by atomic mass is 35.5. The number of benzene rings is 2. The third-order valence-electron chi connectivity index (χ3n) is 4.12. The minimum atomic E-state index is -0.358. The number of hydrogen-bond acceptors (Lipinski definition) is 4. The smallest absolute Gasteiger partial charge is 0.261 e. The maximum atomic E-state index is 12.8. The Kier molecular flexibility index (Phi) is 5.90. The topological polar surface area (TPSA) is 69.0 Å². The molecule has 150 valence electrons. The van der Waals surface area contributed by atoms with Gasteiger partial charge in [-0.15, -0.1) is 0 Å². The SMILES string of the molecule is O=C(Nc1ccc(-n2cnc(Cl)c2Cl)cc1)c1cccnc1Oc1ccc(Cl)cc1. The lowest BCUT2D eigenvalue weighted by atomic mass is 10.2. The summed E-state index contributed by atoms with van der Waals surface area (Å²) in [6.07, 6.45) is 3.07. The molecule has 2 aromatic heterocycles. The number of ether oxygens (including phenoxy) is 1. The maximum absolute atomic E-state index is 12.8. The molecule has 4 rings (SSSR count). The molecule has 0 saturated heterocycles. The molecule has 9 heteroatoms. The van der Waals surface area contributed by atoms with Gasteiger partial charge in [-0.25, -0.2) is 9.97 Å². The summed E-state index contributed by atoms with van der Waals surface area (Å²) in [7, 11) is 0. The third-order valence-corrected chi connectivity index (χ3v) is 5.10. The Labute approximate surface area is 187 Å². The fourth-order valence-electron chi connectivity index (χ4n) is 2.65. The third kappa shape index (κ3) is 4.41. The number of carbonyl (C=O) groups excluding carboxylic acids is 1. The van der Waals surface area contributed by atoms with Crippen molar-refractivity contribution in [2.45, 2.75) is 0 Å². The second kappa shape index (κ2) is 8.75.